The Labute approximate surface area is 232 Å². The van der Waals surface area contributed by atoms with E-state index in [1.807, 2.05) is 72.8 Å². The molecule has 0 N–H and O–H groups in total. The van der Waals surface area contributed by atoms with E-state index in [4.69, 9.17) is 32.7 Å². The number of hydrogen-bond donors (Lipinski definition) is 0. The minimum absolute atomic E-state index is 0.133. The highest BCUT2D eigenvalue weighted by Crippen LogP contribution is 2.49. The smallest absolute Gasteiger partial charge is 0.195 e. The predicted molar refractivity (Wildman–Crippen MR) is 149 cm³/mol. The topological polar surface area (TPSA) is 52.6 Å². The van der Waals surface area contributed by atoms with Gasteiger partial charge in [0.05, 0.1) is 11.8 Å². The van der Waals surface area contributed by atoms with E-state index in [9.17, 15) is 9.59 Å². The molecule has 1 aliphatic heterocycles. The van der Waals surface area contributed by atoms with Gasteiger partial charge in [0.2, 0.25) is 0 Å². The van der Waals surface area contributed by atoms with Crippen LogP contribution in [0, 0.1) is 0 Å². The third-order valence-corrected chi connectivity index (χ3v) is 7.81. The minimum atomic E-state index is -1.46. The molecule has 4 aromatic rings. The molecule has 0 saturated carbocycles. The number of rotatable bonds is 8. The molecule has 4 aromatic carbocycles. The lowest BCUT2D eigenvalue weighted by atomic mass is 9.78. The largest absolute Gasteiger partial charge is 0.351 e. The molecule has 0 aliphatic carbocycles. The van der Waals surface area contributed by atoms with Crippen molar-refractivity contribution in [3.8, 4) is 0 Å². The lowest BCUT2D eigenvalue weighted by Gasteiger charge is -2.53. The molecule has 4 unspecified atom stereocenters. The van der Waals surface area contributed by atoms with E-state index < -0.39 is 23.4 Å². The molecule has 0 amide bonds. The van der Waals surface area contributed by atoms with E-state index in [1.54, 1.807) is 48.5 Å². The van der Waals surface area contributed by atoms with E-state index >= 15 is 0 Å². The zero-order valence-electron chi connectivity index (χ0n) is 20.5. The van der Waals surface area contributed by atoms with E-state index in [-0.39, 0.29) is 23.3 Å². The average Bonchev–Trinajstić information content (AvgIpc) is 3.01. The second-order valence-corrected chi connectivity index (χ2v) is 9.77. The maximum absolute atomic E-state index is 14.1. The van der Waals surface area contributed by atoms with Gasteiger partial charge in [-0.25, -0.2) is 0 Å². The van der Waals surface area contributed by atoms with Crippen LogP contribution in [-0.2, 0) is 20.7 Å². The molecular formula is C32H26Cl2O4. The first-order valence-corrected chi connectivity index (χ1v) is 13.4. The summed E-state index contributed by atoms with van der Waals surface area (Å²) in [5.74, 6) is -0.893. The summed E-state index contributed by atoms with van der Waals surface area (Å²) >= 11 is 13.4. The van der Waals surface area contributed by atoms with Gasteiger partial charge in [-0.1, -0.05) is 121 Å². The molecule has 0 spiro atoms. The zero-order valence-corrected chi connectivity index (χ0v) is 22.0. The highest BCUT2D eigenvalue weighted by atomic mass is 35.5. The van der Waals surface area contributed by atoms with Crippen LogP contribution in [0.3, 0.4) is 0 Å². The molecule has 1 heterocycles. The number of ketones is 2. The molecule has 5 rings (SSSR count). The molecule has 6 heteroatoms. The summed E-state index contributed by atoms with van der Waals surface area (Å²) in [6, 6.07) is 36.1. The Morgan fingerprint density at radius 2 is 0.816 bits per heavy atom. The van der Waals surface area contributed by atoms with Crippen molar-refractivity contribution in [2.75, 3.05) is 11.8 Å². The van der Waals surface area contributed by atoms with Gasteiger partial charge in [0.15, 0.2) is 23.8 Å². The zero-order chi connectivity index (χ0) is 26.6. The fourth-order valence-corrected chi connectivity index (χ4v) is 5.72. The Morgan fingerprint density at radius 1 is 0.526 bits per heavy atom. The van der Waals surface area contributed by atoms with Crippen LogP contribution >= 0.6 is 23.2 Å². The molecule has 1 fully saturated rings. The quantitative estimate of drug-likeness (QED) is 0.181. The van der Waals surface area contributed by atoms with E-state index in [0.29, 0.717) is 22.3 Å². The van der Waals surface area contributed by atoms with Crippen LogP contribution < -0.4 is 0 Å². The highest BCUT2D eigenvalue weighted by molar-refractivity contribution is 6.20. The van der Waals surface area contributed by atoms with Crippen molar-refractivity contribution < 1.29 is 19.1 Å². The molecule has 4 nitrogen and oxygen atoms in total. The van der Waals surface area contributed by atoms with Gasteiger partial charge in [-0.3, -0.25) is 9.59 Å². The second kappa shape index (κ2) is 11.2. The Balaban J connectivity index is 1.74. The first kappa shape index (κ1) is 26.3. The van der Waals surface area contributed by atoms with Crippen LogP contribution in [0.2, 0.25) is 0 Å². The first-order valence-electron chi connectivity index (χ1n) is 12.3. The van der Waals surface area contributed by atoms with Crippen molar-refractivity contribution in [3.05, 3.63) is 144 Å². The van der Waals surface area contributed by atoms with Gasteiger partial charge < -0.3 is 9.47 Å². The molecule has 1 aliphatic rings. The Morgan fingerprint density at radius 3 is 1.11 bits per heavy atom. The van der Waals surface area contributed by atoms with Crippen molar-refractivity contribution in [3.63, 3.8) is 0 Å². The van der Waals surface area contributed by atoms with E-state index in [0.717, 1.165) is 0 Å². The van der Waals surface area contributed by atoms with Gasteiger partial charge in [0.25, 0.3) is 0 Å². The summed E-state index contributed by atoms with van der Waals surface area (Å²) in [4.78, 5) is 28.3. The normalized spacial score (nSPS) is 25.0. The Hall–Kier alpha value is -3.28. The molecule has 0 bridgehead atoms. The van der Waals surface area contributed by atoms with Crippen molar-refractivity contribution in [1.82, 2.24) is 0 Å². The summed E-state index contributed by atoms with van der Waals surface area (Å²) in [5.41, 5.74) is -0.783. The second-order valence-electron chi connectivity index (χ2n) is 9.23. The lowest BCUT2D eigenvalue weighted by Crippen LogP contribution is -2.66. The molecule has 0 radical (unpaired) electrons. The van der Waals surface area contributed by atoms with Gasteiger partial charge in [0, 0.05) is 11.1 Å². The maximum atomic E-state index is 14.1. The van der Waals surface area contributed by atoms with Gasteiger partial charge in [-0.05, 0) is 11.1 Å². The van der Waals surface area contributed by atoms with Gasteiger partial charge >= 0.3 is 0 Å². The summed E-state index contributed by atoms with van der Waals surface area (Å²) in [6.07, 6.45) is -2.38. The fraction of sp³-hybridized carbons (Fsp3) is 0.188. The van der Waals surface area contributed by atoms with Crippen LogP contribution in [-0.4, -0.2) is 35.5 Å². The lowest BCUT2D eigenvalue weighted by molar-refractivity contribution is -0.279. The SMILES string of the molecule is O=C(c1ccccc1)C1OC(CCl)(c2ccccc2)C(C(=O)c2ccccc2)OC1(CCl)c1ccccc1. The average molecular weight is 545 g/mol. The summed E-state index contributed by atoms with van der Waals surface area (Å²) in [7, 11) is 0. The van der Waals surface area contributed by atoms with Crippen LogP contribution in [0.1, 0.15) is 31.8 Å². The molecule has 192 valence electrons. The van der Waals surface area contributed by atoms with E-state index in [1.165, 1.54) is 0 Å². The molecule has 1 saturated heterocycles. The third-order valence-electron chi connectivity index (χ3n) is 7.02. The summed E-state index contributed by atoms with van der Waals surface area (Å²) in [5, 5.41) is 0. The van der Waals surface area contributed by atoms with Crippen LogP contribution in [0.4, 0.5) is 0 Å². The van der Waals surface area contributed by atoms with Gasteiger partial charge in [0.1, 0.15) is 11.2 Å². The third kappa shape index (κ3) is 4.59. The highest BCUT2D eigenvalue weighted by Gasteiger charge is 2.62. The number of Topliss-reactive ketones (excluding diaryl/α,β-unsaturated/α-hetero) is 2. The van der Waals surface area contributed by atoms with Crippen molar-refractivity contribution in [2.24, 2.45) is 0 Å². The number of carbonyl (C=O) groups excluding carboxylic acids is 2. The van der Waals surface area contributed by atoms with Crippen molar-refractivity contribution in [2.45, 2.75) is 23.4 Å². The molecular weight excluding hydrogens is 519 g/mol. The number of alkyl halides is 2. The molecule has 0 aromatic heterocycles. The number of carbonyl (C=O) groups is 2. The maximum Gasteiger partial charge on any atom is 0.195 e. The van der Waals surface area contributed by atoms with Crippen molar-refractivity contribution in [1.29, 1.82) is 0 Å². The Bertz CT molecular complexity index is 1270. The minimum Gasteiger partial charge on any atom is -0.351 e. The summed E-state index contributed by atoms with van der Waals surface area (Å²) in [6.45, 7) is 0. The molecule has 4 atom stereocenters. The van der Waals surface area contributed by atoms with E-state index in [2.05, 4.69) is 0 Å². The number of benzene rings is 4. The van der Waals surface area contributed by atoms with Crippen LogP contribution in [0.15, 0.2) is 121 Å². The van der Waals surface area contributed by atoms with Crippen molar-refractivity contribution >= 4 is 34.8 Å². The standard InChI is InChI=1S/C32H26Cl2O4/c33-21-31(25-17-9-3-10-18-25)29(27(35)23-13-5-1-6-14-23)37-32(22-34,26-19-11-4-12-20-26)30(38-31)28(36)24-15-7-2-8-16-24/h1-20,29-30H,21-22H2. The number of ether oxygens (including phenoxy) is 2. The fourth-order valence-electron chi connectivity index (χ4n) is 5.01. The number of hydrogen-bond acceptors (Lipinski definition) is 4. The number of halogens is 2. The van der Waals surface area contributed by atoms with Gasteiger partial charge in [-0.2, -0.15) is 0 Å². The first-order chi connectivity index (χ1) is 18.6. The monoisotopic (exact) mass is 544 g/mol. The van der Waals surface area contributed by atoms with Crippen LogP contribution in [0.5, 0.6) is 0 Å². The summed E-state index contributed by atoms with van der Waals surface area (Å²) < 4.78 is 13.7. The van der Waals surface area contributed by atoms with Crippen LogP contribution in [0.25, 0.3) is 0 Å². The van der Waals surface area contributed by atoms with Gasteiger partial charge in [-0.15, -0.1) is 23.2 Å². The molecule has 38 heavy (non-hydrogen) atoms. The predicted octanol–water partition coefficient (Wildman–Crippen LogP) is 6.80. The Kier molecular flexibility index (Phi) is 7.78.